The molecule has 0 spiro atoms. The van der Waals surface area contributed by atoms with Crippen molar-refractivity contribution in [1.82, 2.24) is 0 Å². The van der Waals surface area contributed by atoms with Crippen LogP contribution in [0, 0.1) is 13.8 Å². The van der Waals surface area contributed by atoms with E-state index < -0.39 is 0 Å². The maximum Gasteiger partial charge on any atom is 0.216 e. The van der Waals surface area contributed by atoms with E-state index in [0.29, 0.717) is 0 Å². The van der Waals surface area contributed by atoms with Crippen molar-refractivity contribution in [2.24, 2.45) is 0 Å². The Bertz CT molecular complexity index is 1030. The zero-order chi connectivity index (χ0) is 16.0. The lowest BCUT2D eigenvalue weighted by Crippen LogP contribution is -2.35. The van der Waals surface area contributed by atoms with E-state index in [2.05, 4.69) is 67.9 Å². The van der Waals surface area contributed by atoms with Gasteiger partial charge in [0.05, 0.1) is 5.56 Å². The quantitative estimate of drug-likeness (QED) is 0.466. The maximum atomic E-state index is 6.24. The van der Waals surface area contributed by atoms with Crippen LogP contribution >= 0.6 is 0 Å². The summed E-state index contributed by atoms with van der Waals surface area (Å²) in [6.07, 6.45) is 2.20. The summed E-state index contributed by atoms with van der Waals surface area (Å²) in [6, 6.07) is 17.0. The van der Waals surface area contributed by atoms with Crippen molar-refractivity contribution in [1.29, 1.82) is 0 Å². The standard InChI is InChI=1S/C21H20NO/c1-4-22-13-14(2)9-12-18(22)20-15(3)10-11-17-16-7-5-6-8-19(16)23-21(17)20/h5-13H,4H2,1-3H3/q+1. The van der Waals surface area contributed by atoms with Crippen LogP contribution in [-0.4, -0.2) is 0 Å². The van der Waals surface area contributed by atoms with E-state index in [0.717, 1.165) is 17.7 Å². The summed E-state index contributed by atoms with van der Waals surface area (Å²) in [6.45, 7) is 7.40. The van der Waals surface area contributed by atoms with Gasteiger partial charge in [0.15, 0.2) is 6.20 Å². The zero-order valence-electron chi connectivity index (χ0n) is 13.8. The summed E-state index contributed by atoms with van der Waals surface area (Å²) in [5.74, 6) is 0. The van der Waals surface area contributed by atoms with Crippen molar-refractivity contribution >= 4 is 21.9 Å². The van der Waals surface area contributed by atoms with Crippen LogP contribution in [0.5, 0.6) is 0 Å². The first-order valence-corrected chi connectivity index (χ1v) is 8.10. The lowest BCUT2D eigenvalue weighted by molar-refractivity contribution is -0.683. The van der Waals surface area contributed by atoms with Gasteiger partial charge in [0, 0.05) is 22.4 Å². The highest BCUT2D eigenvalue weighted by Crippen LogP contribution is 2.36. The SMILES string of the molecule is CC[n+]1cc(C)ccc1-c1c(C)ccc2c1oc1ccccc12. The monoisotopic (exact) mass is 302 g/mol. The largest absolute Gasteiger partial charge is 0.455 e. The van der Waals surface area contributed by atoms with E-state index in [-0.39, 0.29) is 0 Å². The molecule has 0 radical (unpaired) electrons. The molecular formula is C21H20NO+. The third-order valence-electron chi connectivity index (χ3n) is 4.53. The molecular weight excluding hydrogens is 282 g/mol. The number of pyridine rings is 1. The number of aromatic nitrogens is 1. The second kappa shape index (κ2) is 5.24. The molecule has 0 saturated heterocycles. The Morgan fingerprint density at radius 1 is 0.913 bits per heavy atom. The molecule has 23 heavy (non-hydrogen) atoms. The van der Waals surface area contributed by atoms with Gasteiger partial charge in [0.2, 0.25) is 5.69 Å². The lowest BCUT2D eigenvalue weighted by atomic mass is 10.0. The number of hydrogen-bond acceptors (Lipinski definition) is 1. The normalized spacial score (nSPS) is 11.4. The summed E-state index contributed by atoms with van der Waals surface area (Å²) in [4.78, 5) is 0. The second-order valence-electron chi connectivity index (χ2n) is 6.11. The highest BCUT2D eigenvalue weighted by molar-refractivity contribution is 6.09. The predicted molar refractivity (Wildman–Crippen MR) is 94.5 cm³/mol. The molecule has 0 aliphatic rings. The van der Waals surface area contributed by atoms with Crippen LogP contribution in [0.1, 0.15) is 18.1 Å². The first kappa shape index (κ1) is 14.0. The molecule has 0 aliphatic heterocycles. The molecule has 114 valence electrons. The Kier molecular flexibility index (Phi) is 3.19. The minimum Gasteiger partial charge on any atom is -0.455 e. The van der Waals surface area contributed by atoms with Gasteiger partial charge in [-0.1, -0.05) is 30.3 Å². The minimum atomic E-state index is 0.938. The lowest BCUT2D eigenvalue weighted by Gasteiger charge is -2.07. The van der Waals surface area contributed by atoms with Gasteiger partial charge in [-0.2, -0.15) is 4.57 Å². The molecule has 2 aromatic heterocycles. The fourth-order valence-corrected chi connectivity index (χ4v) is 3.36. The molecule has 0 unspecified atom stereocenters. The van der Waals surface area contributed by atoms with Crippen LogP contribution in [0.15, 0.2) is 59.1 Å². The van der Waals surface area contributed by atoms with Gasteiger partial charge in [-0.25, -0.2) is 0 Å². The molecule has 0 amide bonds. The Labute approximate surface area is 136 Å². The average molecular weight is 302 g/mol. The molecule has 0 aliphatic carbocycles. The van der Waals surface area contributed by atoms with Crippen LogP contribution in [-0.2, 0) is 6.54 Å². The van der Waals surface area contributed by atoms with Crippen molar-refractivity contribution in [3.8, 4) is 11.3 Å². The Morgan fingerprint density at radius 2 is 1.74 bits per heavy atom. The number of nitrogens with zero attached hydrogens (tertiary/aromatic N) is 1. The van der Waals surface area contributed by atoms with Gasteiger partial charge in [-0.3, -0.25) is 0 Å². The first-order valence-electron chi connectivity index (χ1n) is 8.10. The van der Waals surface area contributed by atoms with E-state index in [1.165, 1.54) is 33.2 Å². The van der Waals surface area contributed by atoms with Crippen LogP contribution < -0.4 is 4.57 Å². The van der Waals surface area contributed by atoms with Crippen LogP contribution in [0.25, 0.3) is 33.2 Å². The third kappa shape index (κ3) is 2.14. The van der Waals surface area contributed by atoms with Gasteiger partial charge >= 0.3 is 0 Å². The van der Waals surface area contributed by atoms with Crippen molar-refractivity contribution in [2.45, 2.75) is 27.3 Å². The van der Waals surface area contributed by atoms with Gasteiger partial charge in [-0.15, -0.1) is 0 Å². The van der Waals surface area contributed by atoms with Gasteiger partial charge in [0.1, 0.15) is 17.7 Å². The molecule has 4 rings (SSSR count). The highest BCUT2D eigenvalue weighted by atomic mass is 16.3. The zero-order valence-corrected chi connectivity index (χ0v) is 13.8. The fourth-order valence-electron chi connectivity index (χ4n) is 3.36. The topological polar surface area (TPSA) is 17.0 Å². The number of benzene rings is 2. The van der Waals surface area contributed by atoms with Crippen molar-refractivity contribution in [3.05, 3.63) is 65.9 Å². The Morgan fingerprint density at radius 3 is 2.57 bits per heavy atom. The van der Waals surface area contributed by atoms with E-state index in [1.807, 2.05) is 12.1 Å². The number of rotatable bonds is 2. The van der Waals surface area contributed by atoms with E-state index >= 15 is 0 Å². The molecule has 4 aromatic rings. The molecule has 0 bridgehead atoms. The molecule has 2 heteroatoms. The molecule has 0 N–H and O–H groups in total. The summed E-state index contributed by atoms with van der Waals surface area (Å²) in [5.41, 5.74) is 6.84. The van der Waals surface area contributed by atoms with E-state index in [1.54, 1.807) is 0 Å². The smallest absolute Gasteiger partial charge is 0.216 e. The summed E-state index contributed by atoms with van der Waals surface area (Å²) in [7, 11) is 0. The number of hydrogen-bond donors (Lipinski definition) is 0. The van der Waals surface area contributed by atoms with Gasteiger partial charge < -0.3 is 4.42 Å². The molecule has 0 atom stereocenters. The van der Waals surface area contributed by atoms with E-state index in [9.17, 15) is 0 Å². The first-order chi connectivity index (χ1) is 11.2. The molecule has 0 saturated carbocycles. The highest BCUT2D eigenvalue weighted by Gasteiger charge is 2.21. The minimum absolute atomic E-state index is 0.938. The van der Waals surface area contributed by atoms with Crippen LogP contribution in [0.3, 0.4) is 0 Å². The van der Waals surface area contributed by atoms with Gasteiger partial charge in [-0.05, 0) is 38.5 Å². The fraction of sp³-hybridized carbons (Fsp3) is 0.190. The number of para-hydroxylation sites is 1. The van der Waals surface area contributed by atoms with Crippen molar-refractivity contribution < 1.29 is 8.98 Å². The average Bonchev–Trinajstić information content (AvgIpc) is 2.93. The predicted octanol–water partition coefficient (Wildman–Crippen LogP) is 5.18. The number of furan rings is 1. The molecule has 2 heterocycles. The number of fused-ring (bicyclic) bond motifs is 3. The third-order valence-corrected chi connectivity index (χ3v) is 4.53. The maximum absolute atomic E-state index is 6.24. The van der Waals surface area contributed by atoms with Crippen molar-refractivity contribution in [2.75, 3.05) is 0 Å². The molecule has 2 nitrogen and oxygen atoms in total. The van der Waals surface area contributed by atoms with E-state index in [4.69, 9.17) is 4.42 Å². The summed E-state index contributed by atoms with van der Waals surface area (Å²) < 4.78 is 8.53. The van der Waals surface area contributed by atoms with Gasteiger partial charge in [0.25, 0.3) is 0 Å². The number of aryl methyl sites for hydroxylation is 3. The van der Waals surface area contributed by atoms with Crippen LogP contribution in [0.2, 0.25) is 0 Å². The van der Waals surface area contributed by atoms with Crippen molar-refractivity contribution in [3.63, 3.8) is 0 Å². The summed E-state index contributed by atoms with van der Waals surface area (Å²) >= 11 is 0. The second-order valence-corrected chi connectivity index (χ2v) is 6.11. The molecule has 2 aromatic carbocycles. The molecule has 0 fully saturated rings. The Balaban J connectivity index is 2.12. The summed E-state index contributed by atoms with van der Waals surface area (Å²) in [5, 5.41) is 2.36. The Hall–Kier alpha value is -2.61. The van der Waals surface area contributed by atoms with Crippen LogP contribution in [0.4, 0.5) is 0 Å².